The number of hydrogen-bond acceptors (Lipinski definition) is 6. The fourth-order valence-electron chi connectivity index (χ4n) is 1.05. The molecule has 0 aliphatic carbocycles. The molecular formula is C8H8N4O3S. The summed E-state index contributed by atoms with van der Waals surface area (Å²) in [7, 11) is 1.78. The van der Waals surface area contributed by atoms with E-state index in [0.29, 0.717) is 5.82 Å². The van der Waals surface area contributed by atoms with Gasteiger partial charge in [0.25, 0.3) is 5.22 Å². The molecule has 0 spiro atoms. The molecule has 84 valence electrons. The quantitative estimate of drug-likeness (QED) is 0.784. The van der Waals surface area contributed by atoms with Gasteiger partial charge in [-0.15, -0.1) is 0 Å². The second-order valence-corrected chi connectivity index (χ2v) is 3.90. The lowest BCUT2D eigenvalue weighted by molar-refractivity contribution is -0.133. The van der Waals surface area contributed by atoms with Crippen molar-refractivity contribution in [2.45, 2.75) is 5.22 Å². The van der Waals surface area contributed by atoms with Crippen molar-refractivity contribution in [3.8, 4) is 11.4 Å². The Labute approximate surface area is 94.5 Å². The zero-order valence-corrected chi connectivity index (χ0v) is 9.14. The molecule has 0 atom stereocenters. The molecule has 0 unspecified atom stereocenters. The summed E-state index contributed by atoms with van der Waals surface area (Å²) in [6.07, 6.45) is 3.35. The number of carboxylic acids is 1. The highest BCUT2D eigenvalue weighted by atomic mass is 32.2. The summed E-state index contributed by atoms with van der Waals surface area (Å²) >= 11 is 0.984. The van der Waals surface area contributed by atoms with Crippen LogP contribution in [0.2, 0.25) is 0 Å². The van der Waals surface area contributed by atoms with Crippen molar-refractivity contribution < 1.29 is 14.4 Å². The van der Waals surface area contributed by atoms with Gasteiger partial charge < -0.3 is 9.63 Å². The minimum Gasteiger partial charge on any atom is -0.481 e. The Bertz CT molecular complexity index is 507. The standard InChI is InChI=1S/C8H8N4O3S/c1-12-3-5(2-9-12)7-10-8(15-11-7)16-4-6(13)14/h2-3H,4H2,1H3,(H,13,14). The zero-order valence-electron chi connectivity index (χ0n) is 8.32. The van der Waals surface area contributed by atoms with Gasteiger partial charge in [0.2, 0.25) is 5.82 Å². The van der Waals surface area contributed by atoms with Crippen LogP contribution in [0, 0.1) is 0 Å². The van der Waals surface area contributed by atoms with Gasteiger partial charge in [0, 0.05) is 13.2 Å². The van der Waals surface area contributed by atoms with Gasteiger partial charge in [0.15, 0.2) is 0 Å². The molecule has 2 heterocycles. The zero-order chi connectivity index (χ0) is 11.5. The van der Waals surface area contributed by atoms with Crippen molar-refractivity contribution in [2.24, 2.45) is 7.05 Å². The number of hydrogen-bond donors (Lipinski definition) is 1. The summed E-state index contributed by atoms with van der Waals surface area (Å²) in [6.45, 7) is 0. The van der Waals surface area contributed by atoms with E-state index in [4.69, 9.17) is 9.63 Å². The predicted molar refractivity (Wildman–Crippen MR) is 54.9 cm³/mol. The molecule has 0 fully saturated rings. The summed E-state index contributed by atoms with van der Waals surface area (Å²) in [5.41, 5.74) is 0.730. The lowest BCUT2D eigenvalue weighted by atomic mass is 10.3. The lowest BCUT2D eigenvalue weighted by Gasteiger charge is -1.87. The fourth-order valence-corrected chi connectivity index (χ4v) is 1.53. The van der Waals surface area contributed by atoms with Gasteiger partial charge in [0.1, 0.15) is 5.75 Å². The number of aryl methyl sites for hydroxylation is 1. The van der Waals surface area contributed by atoms with Crippen LogP contribution in [-0.2, 0) is 11.8 Å². The average molecular weight is 240 g/mol. The number of thioether (sulfide) groups is 1. The second-order valence-electron chi connectivity index (χ2n) is 2.97. The molecule has 2 rings (SSSR count). The van der Waals surface area contributed by atoms with Gasteiger partial charge in [-0.3, -0.25) is 9.48 Å². The van der Waals surface area contributed by atoms with Crippen LogP contribution in [0.1, 0.15) is 0 Å². The van der Waals surface area contributed by atoms with Gasteiger partial charge in [0.05, 0.1) is 11.8 Å². The average Bonchev–Trinajstić information content (AvgIpc) is 2.83. The van der Waals surface area contributed by atoms with Gasteiger partial charge in [-0.25, -0.2) is 0 Å². The summed E-state index contributed by atoms with van der Waals surface area (Å²) in [4.78, 5) is 14.4. The molecule has 1 N–H and O–H groups in total. The molecule has 0 aliphatic rings. The number of nitrogens with zero attached hydrogens (tertiary/aromatic N) is 4. The monoisotopic (exact) mass is 240 g/mol. The molecule has 2 aromatic heterocycles. The van der Waals surface area contributed by atoms with Crippen LogP contribution >= 0.6 is 11.8 Å². The predicted octanol–water partition coefficient (Wildman–Crippen LogP) is 0.647. The first-order chi connectivity index (χ1) is 7.65. The molecule has 2 aromatic rings. The van der Waals surface area contributed by atoms with Crippen LogP contribution in [0.15, 0.2) is 22.1 Å². The smallest absolute Gasteiger partial charge is 0.314 e. The number of carboxylic acid groups (broad SMARTS) is 1. The maximum absolute atomic E-state index is 10.3. The third-order valence-electron chi connectivity index (χ3n) is 1.69. The molecule has 0 bridgehead atoms. The second kappa shape index (κ2) is 4.35. The Balaban J connectivity index is 2.10. The van der Waals surface area contributed by atoms with Crippen molar-refractivity contribution in [3.63, 3.8) is 0 Å². The van der Waals surface area contributed by atoms with Crippen LogP contribution in [0.5, 0.6) is 0 Å². The van der Waals surface area contributed by atoms with Crippen LogP contribution in [0.3, 0.4) is 0 Å². The Hall–Kier alpha value is -1.83. The Morgan fingerprint density at radius 1 is 1.69 bits per heavy atom. The molecule has 0 saturated heterocycles. The van der Waals surface area contributed by atoms with E-state index in [1.165, 1.54) is 0 Å². The first kappa shape index (κ1) is 10.7. The first-order valence-corrected chi connectivity index (χ1v) is 5.31. The number of aliphatic carboxylic acids is 1. The Kier molecular flexibility index (Phi) is 2.91. The van der Waals surface area contributed by atoms with Crippen LogP contribution in [0.4, 0.5) is 0 Å². The number of aromatic nitrogens is 4. The summed E-state index contributed by atoms with van der Waals surface area (Å²) in [5.74, 6) is -0.624. The van der Waals surface area contributed by atoms with Crippen molar-refractivity contribution >= 4 is 17.7 Å². The minimum atomic E-state index is -0.925. The van der Waals surface area contributed by atoms with Crippen molar-refractivity contribution in [3.05, 3.63) is 12.4 Å². The molecule has 0 saturated carbocycles. The van der Waals surface area contributed by atoms with Crippen LogP contribution in [0.25, 0.3) is 11.4 Å². The highest BCUT2D eigenvalue weighted by Crippen LogP contribution is 2.20. The van der Waals surface area contributed by atoms with Gasteiger partial charge in [-0.1, -0.05) is 16.9 Å². The minimum absolute atomic E-state index is 0.103. The largest absolute Gasteiger partial charge is 0.481 e. The van der Waals surface area contributed by atoms with Crippen molar-refractivity contribution in [1.82, 2.24) is 19.9 Å². The maximum atomic E-state index is 10.3. The van der Waals surface area contributed by atoms with Crippen molar-refractivity contribution in [2.75, 3.05) is 5.75 Å². The van der Waals surface area contributed by atoms with E-state index in [0.717, 1.165) is 17.3 Å². The van der Waals surface area contributed by atoms with E-state index in [1.807, 2.05) is 0 Å². The normalized spacial score (nSPS) is 10.6. The Morgan fingerprint density at radius 2 is 2.50 bits per heavy atom. The molecule has 8 heteroatoms. The fraction of sp³-hybridized carbons (Fsp3) is 0.250. The molecule has 0 aromatic carbocycles. The van der Waals surface area contributed by atoms with E-state index in [9.17, 15) is 4.79 Å². The molecule has 7 nitrogen and oxygen atoms in total. The third kappa shape index (κ3) is 2.40. The van der Waals surface area contributed by atoms with E-state index in [-0.39, 0.29) is 11.0 Å². The summed E-state index contributed by atoms with van der Waals surface area (Å²) < 4.78 is 6.50. The molecule has 0 amide bonds. The van der Waals surface area contributed by atoms with E-state index in [2.05, 4.69) is 15.2 Å². The topological polar surface area (TPSA) is 94.0 Å². The highest BCUT2D eigenvalue weighted by molar-refractivity contribution is 7.99. The summed E-state index contributed by atoms with van der Waals surface area (Å²) in [6, 6.07) is 0. The van der Waals surface area contributed by atoms with Gasteiger partial charge >= 0.3 is 5.97 Å². The first-order valence-electron chi connectivity index (χ1n) is 4.32. The van der Waals surface area contributed by atoms with Crippen molar-refractivity contribution in [1.29, 1.82) is 0 Å². The third-order valence-corrected chi connectivity index (χ3v) is 2.49. The van der Waals surface area contributed by atoms with E-state index in [1.54, 1.807) is 24.1 Å². The Morgan fingerprint density at radius 3 is 3.12 bits per heavy atom. The summed E-state index contributed by atoms with van der Waals surface area (Å²) in [5, 5.41) is 16.4. The van der Waals surface area contributed by atoms with Gasteiger partial charge in [-0.05, 0) is 0 Å². The maximum Gasteiger partial charge on any atom is 0.314 e. The number of rotatable bonds is 4. The number of carbonyl (C=O) groups is 1. The lowest BCUT2D eigenvalue weighted by Crippen LogP contribution is -1.97. The molecule has 0 aliphatic heterocycles. The van der Waals surface area contributed by atoms with Gasteiger partial charge in [-0.2, -0.15) is 10.1 Å². The molecule has 16 heavy (non-hydrogen) atoms. The van der Waals surface area contributed by atoms with Crippen LogP contribution in [-0.4, -0.2) is 36.7 Å². The highest BCUT2D eigenvalue weighted by Gasteiger charge is 2.11. The van der Waals surface area contributed by atoms with Crippen LogP contribution < -0.4 is 0 Å². The molecule has 0 radical (unpaired) electrons. The molecular weight excluding hydrogens is 232 g/mol. The SMILES string of the molecule is Cn1cc(-c2noc(SCC(=O)O)n2)cn1. The van der Waals surface area contributed by atoms with E-state index < -0.39 is 5.97 Å². The van der Waals surface area contributed by atoms with E-state index >= 15 is 0 Å².